The largest absolute Gasteiger partial charge is 0.489 e. The van der Waals surface area contributed by atoms with Crippen LogP contribution in [-0.2, 0) is 13.2 Å². The van der Waals surface area contributed by atoms with Crippen LogP contribution >= 0.6 is 0 Å². The molecule has 0 fully saturated rings. The van der Waals surface area contributed by atoms with E-state index in [-0.39, 0.29) is 0 Å². The number of imidazole rings is 1. The van der Waals surface area contributed by atoms with Crippen LogP contribution in [0.15, 0.2) is 84.0 Å². The molecule has 0 aliphatic carbocycles. The molecule has 0 spiro atoms. The third-order valence-corrected chi connectivity index (χ3v) is 4.48. The van der Waals surface area contributed by atoms with Gasteiger partial charge in [0.1, 0.15) is 12.4 Å². The number of aromatic nitrogens is 2. The monoisotopic (exact) mass is 370 g/mol. The van der Waals surface area contributed by atoms with Crippen LogP contribution in [0, 0.1) is 0 Å². The van der Waals surface area contributed by atoms with Crippen molar-refractivity contribution in [3.05, 3.63) is 90.0 Å². The van der Waals surface area contributed by atoms with Gasteiger partial charge in [-0.1, -0.05) is 42.5 Å². The van der Waals surface area contributed by atoms with Gasteiger partial charge in [0.05, 0.1) is 17.2 Å². The summed E-state index contributed by atoms with van der Waals surface area (Å²) in [6.07, 6.45) is 1.78. The smallest absolute Gasteiger partial charge is 0.224 e. The molecule has 0 bridgehead atoms. The van der Waals surface area contributed by atoms with E-state index in [1.807, 2.05) is 60.7 Å². The number of aryl methyl sites for hydroxylation is 1. The molecule has 28 heavy (non-hydrogen) atoms. The van der Waals surface area contributed by atoms with Gasteiger partial charge >= 0.3 is 0 Å². The minimum absolute atomic E-state index is 0.559. The van der Waals surface area contributed by atoms with Crippen molar-refractivity contribution in [2.24, 2.45) is 5.10 Å². The van der Waals surface area contributed by atoms with Gasteiger partial charge in [-0.3, -0.25) is 0 Å². The molecule has 0 unspecified atom stereocenters. The Kier molecular flexibility index (Phi) is 5.33. The normalized spacial score (nSPS) is 11.2. The lowest BCUT2D eigenvalue weighted by Gasteiger charge is -2.06. The quantitative estimate of drug-likeness (QED) is 0.364. The van der Waals surface area contributed by atoms with Crippen molar-refractivity contribution in [2.45, 2.75) is 20.1 Å². The van der Waals surface area contributed by atoms with Crippen LogP contribution in [0.1, 0.15) is 18.1 Å². The maximum atomic E-state index is 5.81. The van der Waals surface area contributed by atoms with E-state index in [1.54, 1.807) is 6.21 Å². The molecule has 0 saturated carbocycles. The second-order valence-electron chi connectivity index (χ2n) is 6.38. The summed E-state index contributed by atoms with van der Waals surface area (Å²) in [6.45, 7) is 3.48. The van der Waals surface area contributed by atoms with Gasteiger partial charge in [0, 0.05) is 6.54 Å². The molecule has 140 valence electrons. The first-order valence-corrected chi connectivity index (χ1v) is 9.34. The molecular formula is C23H22N4O. The number of hydrogen-bond acceptors (Lipinski definition) is 4. The number of hydrazone groups is 1. The SMILES string of the molecule is CCn1c(N/N=C\c2ccc(OCc3ccccc3)cc2)nc2ccccc21. The fourth-order valence-corrected chi connectivity index (χ4v) is 3.04. The van der Waals surface area contributed by atoms with E-state index < -0.39 is 0 Å². The molecule has 0 aliphatic heterocycles. The highest BCUT2D eigenvalue weighted by Gasteiger charge is 2.07. The summed E-state index contributed by atoms with van der Waals surface area (Å²) >= 11 is 0. The van der Waals surface area contributed by atoms with E-state index in [2.05, 4.69) is 45.2 Å². The number of nitrogens with one attached hydrogen (secondary N) is 1. The standard InChI is InChI=1S/C23H22N4O/c1-2-27-22-11-7-6-10-21(22)25-23(27)26-24-16-18-12-14-20(15-13-18)28-17-19-8-4-3-5-9-19/h3-16H,2,17H2,1H3,(H,25,26)/b24-16-. The number of rotatable bonds is 7. The van der Waals surface area contributed by atoms with Gasteiger partial charge in [0.15, 0.2) is 0 Å². The van der Waals surface area contributed by atoms with Crippen LogP contribution < -0.4 is 10.2 Å². The number of ether oxygens (including phenoxy) is 1. The Morgan fingerprint density at radius 2 is 1.71 bits per heavy atom. The van der Waals surface area contributed by atoms with Crippen LogP contribution in [0.3, 0.4) is 0 Å². The van der Waals surface area contributed by atoms with Gasteiger partial charge in [0.2, 0.25) is 5.95 Å². The molecule has 1 heterocycles. The third kappa shape index (κ3) is 4.04. The average molecular weight is 370 g/mol. The molecule has 3 aromatic carbocycles. The molecule has 0 saturated heterocycles. The lowest BCUT2D eigenvalue weighted by Crippen LogP contribution is -2.01. The Hall–Kier alpha value is -3.60. The van der Waals surface area contributed by atoms with E-state index in [0.29, 0.717) is 6.61 Å². The maximum absolute atomic E-state index is 5.81. The Bertz CT molecular complexity index is 1070. The number of benzene rings is 3. The Balaban J connectivity index is 1.38. The molecule has 0 aliphatic rings. The first kappa shape index (κ1) is 17.8. The maximum Gasteiger partial charge on any atom is 0.224 e. The molecule has 4 rings (SSSR count). The van der Waals surface area contributed by atoms with Crippen molar-refractivity contribution in [1.29, 1.82) is 0 Å². The Morgan fingerprint density at radius 3 is 2.50 bits per heavy atom. The van der Waals surface area contributed by atoms with Crippen molar-refractivity contribution in [1.82, 2.24) is 9.55 Å². The van der Waals surface area contributed by atoms with Gasteiger partial charge in [0.25, 0.3) is 0 Å². The zero-order chi connectivity index (χ0) is 19.2. The van der Waals surface area contributed by atoms with Gasteiger partial charge in [-0.2, -0.15) is 5.10 Å². The minimum atomic E-state index is 0.559. The van der Waals surface area contributed by atoms with Crippen molar-refractivity contribution < 1.29 is 4.74 Å². The fourth-order valence-electron chi connectivity index (χ4n) is 3.04. The molecule has 4 aromatic rings. The summed E-state index contributed by atoms with van der Waals surface area (Å²) in [5.74, 6) is 1.57. The highest BCUT2D eigenvalue weighted by atomic mass is 16.5. The predicted molar refractivity (Wildman–Crippen MR) is 114 cm³/mol. The van der Waals surface area contributed by atoms with E-state index in [1.165, 1.54) is 0 Å². The van der Waals surface area contributed by atoms with Crippen LogP contribution in [0.5, 0.6) is 5.75 Å². The van der Waals surface area contributed by atoms with Crippen molar-refractivity contribution >= 4 is 23.2 Å². The van der Waals surface area contributed by atoms with Crippen LogP contribution in [0.2, 0.25) is 0 Å². The van der Waals surface area contributed by atoms with Gasteiger partial charge in [-0.25, -0.2) is 10.4 Å². The molecule has 0 amide bonds. The first-order chi connectivity index (χ1) is 13.8. The molecule has 5 heteroatoms. The molecule has 1 aromatic heterocycles. The zero-order valence-electron chi connectivity index (χ0n) is 15.7. The lowest BCUT2D eigenvalue weighted by molar-refractivity contribution is 0.306. The molecule has 1 N–H and O–H groups in total. The number of hydrogen-bond donors (Lipinski definition) is 1. The summed E-state index contributed by atoms with van der Waals surface area (Å²) in [5, 5.41) is 4.34. The second-order valence-corrected chi connectivity index (χ2v) is 6.38. The van der Waals surface area contributed by atoms with Crippen LogP contribution in [0.4, 0.5) is 5.95 Å². The van der Waals surface area contributed by atoms with Crippen molar-refractivity contribution in [3.8, 4) is 5.75 Å². The highest BCUT2D eigenvalue weighted by molar-refractivity contribution is 5.81. The molecular weight excluding hydrogens is 348 g/mol. The van der Waals surface area contributed by atoms with Crippen molar-refractivity contribution in [2.75, 3.05) is 5.43 Å². The van der Waals surface area contributed by atoms with Crippen LogP contribution in [-0.4, -0.2) is 15.8 Å². The third-order valence-electron chi connectivity index (χ3n) is 4.48. The Labute approximate surface area is 164 Å². The van der Waals surface area contributed by atoms with Crippen molar-refractivity contribution in [3.63, 3.8) is 0 Å². The summed E-state index contributed by atoms with van der Waals surface area (Å²) in [7, 11) is 0. The van der Waals surface area contributed by atoms with Gasteiger partial charge in [-0.15, -0.1) is 0 Å². The van der Waals surface area contributed by atoms with Gasteiger partial charge < -0.3 is 9.30 Å². The summed E-state index contributed by atoms with van der Waals surface area (Å²) in [5.41, 5.74) is 7.25. The van der Waals surface area contributed by atoms with E-state index in [0.717, 1.165) is 40.4 Å². The minimum Gasteiger partial charge on any atom is -0.489 e. The van der Waals surface area contributed by atoms with E-state index in [9.17, 15) is 0 Å². The molecule has 0 atom stereocenters. The number of para-hydroxylation sites is 2. The Morgan fingerprint density at radius 1 is 0.964 bits per heavy atom. The fraction of sp³-hybridized carbons (Fsp3) is 0.130. The summed E-state index contributed by atoms with van der Waals surface area (Å²) < 4.78 is 7.92. The summed E-state index contributed by atoms with van der Waals surface area (Å²) in [4.78, 5) is 4.60. The topological polar surface area (TPSA) is 51.4 Å². The summed E-state index contributed by atoms with van der Waals surface area (Å²) in [6, 6.07) is 26.1. The number of nitrogens with zero attached hydrogens (tertiary/aromatic N) is 3. The first-order valence-electron chi connectivity index (χ1n) is 9.34. The molecule has 5 nitrogen and oxygen atoms in total. The zero-order valence-corrected chi connectivity index (χ0v) is 15.7. The van der Waals surface area contributed by atoms with E-state index >= 15 is 0 Å². The lowest BCUT2D eigenvalue weighted by atomic mass is 10.2. The highest BCUT2D eigenvalue weighted by Crippen LogP contribution is 2.19. The van der Waals surface area contributed by atoms with Crippen LogP contribution in [0.25, 0.3) is 11.0 Å². The molecule has 0 radical (unpaired) electrons. The second kappa shape index (κ2) is 8.39. The predicted octanol–water partition coefficient (Wildman–Crippen LogP) is 5.08. The average Bonchev–Trinajstić information content (AvgIpc) is 3.11. The van der Waals surface area contributed by atoms with E-state index in [4.69, 9.17) is 4.74 Å². The van der Waals surface area contributed by atoms with Gasteiger partial charge in [-0.05, 0) is 54.4 Å². The number of anilines is 1. The number of fused-ring (bicyclic) bond motifs is 1.